The third-order valence-corrected chi connectivity index (χ3v) is 6.25. The van der Waals surface area contributed by atoms with Crippen molar-refractivity contribution in [1.82, 2.24) is 9.55 Å². The molecule has 180 valence electrons. The maximum Gasteiger partial charge on any atom is 0.337 e. The van der Waals surface area contributed by atoms with Gasteiger partial charge in [0, 0.05) is 23.3 Å². The first kappa shape index (κ1) is 23.3. The molecule has 2 heterocycles. The molecule has 0 unspecified atom stereocenters. The Morgan fingerprint density at radius 3 is 2.50 bits per heavy atom. The number of carboxylic acid groups (broad SMARTS) is 1. The smallest absolute Gasteiger partial charge is 0.337 e. The molecule has 0 bridgehead atoms. The minimum atomic E-state index is -0.982. The lowest BCUT2D eigenvalue weighted by Crippen LogP contribution is -2.04. The molecule has 0 aliphatic carbocycles. The third kappa shape index (κ3) is 4.99. The number of hydrogen-bond acceptors (Lipinski definition) is 4. The number of carbonyl (C=O) groups is 1. The zero-order chi connectivity index (χ0) is 24.9. The molecule has 3 aromatic carbocycles. The highest BCUT2D eigenvalue weighted by Crippen LogP contribution is 2.29. The largest absolute Gasteiger partial charge is 0.489 e. The van der Waals surface area contributed by atoms with E-state index in [1.54, 1.807) is 12.1 Å². The van der Waals surface area contributed by atoms with Crippen molar-refractivity contribution in [3.63, 3.8) is 0 Å². The second kappa shape index (κ2) is 10.5. The highest BCUT2D eigenvalue weighted by molar-refractivity contribution is 5.87. The van der Waals surface area contributed by atoms with Crippen LogP contribution < -0.4 is 10.5 Å². The van der Waals surface area contributed by atoms with Gasteiger partial charge in [-0.1, -0.05) is 54.6 Å². The van der Waals surface area contributed by atoms with Gasteiger partial charge in [-0.3, -0.25) is 4.98 Å². The fourth-order valence-corrected chi connectivity index (χ4v) is 4.45. The Hall–Kier alpha value is -4.42. The molecule has 6 heteroatoms. The number of aromatic nitrogens is 2. The Labute approximate surface area is 209 Å². The Morgan fingerprint density at radius 2 is 1.75 bits per heavy atom. The van der Waals surface area contributed by atoms with Crippen LogP contribution in [-0.2, 0) is 19.6 Å². The topological polar surface area (TPSA) is 90.4 Å². The van der Waals surface area contributed by atoms with Crippen LogP contribution in [0.1, 0.15) is 27.2 Å². The molecule has 0 radical (unpaired) electrons. The van der Waals surface area contributed by atoms with Crippen molar-refractivity contribution in [3.8, 4) is 16.9 Å². The molecule has 0 aliphatic rings. The first-order chi connectivity index (χ1) is 17.6. The fourth-order valence-electron chi connectivity index (χ4n) is 4.45. The van der Waals surface area contributed by atoms with Crippen molar-refractivity contribution in [2.24, 2.45) is 5.73 Å². The van der Waals surface area contributed by atoms with Gasteiger partial charge in [-0.15, -0.1) is 0 Å². The number of aromatic carboxylic acids is 1. The minimum absolute atomic E-state index is 0.176. The summed E-state index contributed by atoms with van der Waals surface area (Å²) in [5, 5.41) is 10.2. The average Bonchev–Trinajstić information content (AvgIpc) is 3.25. The normalized spacial score (nSPS) is 11.0. The lowest BCUT2D eigenvalue weighted by atomic mass is 10.0. The standard InChI is InChI=1S/C30H27N3O3/c31-15-14-23-18-33(19-25-11-10-22(17-32-25)30(34)35)29-13-12-26(16-28(23)29)36-20-24-8-4-5-9-27(24)21-6-2-1-3-7-21/h1-13,16-18H,14-15,19-20,31H2,(H,34,35). The Bertz CT molecular complexity index is 1490. The van der Waals surface area contributed by atoms with E-state index in [-0.39, 0.29) is 5.56 Å². The predicted molar refractivity (Wildman–Crippen MR) is 141 cm³/mol. The summed E-state index contributed by atoms with van der Waals surface area (Å²) >= 11 is 0. The molecule has 0 aliphatic heterocycles. The SMILES string of the molecule is NCCc1cn(Cc2ccc(C(=O)O)cn2)c2ccc(OCc3ccccc3-c3ccccc3)cc12. The van der Waals surface area contributed by atoms with Crippen LogP contribution in [0.15, 0.2) is 97.3 Å². The fraction of sp³-hybridized carbons (Fsp3) is 0.133. The molecule has 36 heavy (non-hydrogen) atoms. The van der Waals surface area contributed by atoms with Crippen LogP contribution >= 0.6 is 0 Å². The van der Waals surface area contributed by atoms with Crippen LogP contribution in [-0.4, -0.2) is 27.2 Å². The minimum Gasteiger partial charge on any atom is -0.489 e. The Morgan fingerprint density at radius 1 is 0.944 bits per heavy atom. The van der Waals surface area contributed by atoms with Crippen LogP contribution in [0, 0.1) is 0 Å². The van der Waals surface area contributed by atoms with Crippen molar-refractivity contribution in [1.29, 1.82) is 0 Å². The van der Waals surface area contributed by atoms with E-state index in [4.69, 9.17) is 15.6 Å². The molecule has 5 rings (SSSR count). The van der Waals surface area contributed by atoms with Gasteiger partial charge in [0.05, 0.1) is 17.8 Å². The summed E-state index contributed by atoms with van der Waals surface area (Å²) in [4.78, 5) is 15.4. The van der Waals surface area contributed by atoms with E-state index in [2.05, 4.69) is 52.1 Å². The summed E-state index contributed by atoms with van der Waals surface area (Å²) in [6, 6.07) is 28.1. The number of carboxylic acids is 1. The number of rotatable bonds is 9. The monoisotopic (exact) mass is 477 g/mol. The van der Waals surface area contributed by atoms with Crippen molar-refractivity contribution in [2.45, 2.75) is 19.6 Å². The second-order valence-electron chi connectivity index (χ2n) is 8.66. The van der Waals surface area contributed by atoms with Gasteiger partial charge in [-0.05, 0) is 65.6 Å². The van der Waals surface area contributed by atoms with Crippen molar-refractivity contribution >= 4 is 16.9 Å². The molecular formula is C30H27N3O3. The third-order valence-electron chi connectivity index (χ3n) is 6.25. The highest BCUT2D eigenvalue weighted by atomic mass is 16.5. The number of ether oxygens (including phenoxy) is 1. The van der Waals surface area contributed by atoms with Gasteiger partial charge >= 0.3 is 5.97 Å². The van der Waals surface area contributed by atoms with Crippen LogP contribution in [0.4, 0.5) is 0 Å². The lowest BCUT2D eigenvalue weighted by Gasteiger charge is -2.12. The molecular weight excluding hydrogens is 450 g/mol. The van der Waals surface area contributed by atoms with Gasteiger partial charge in [-0.25, -0.2) is 4.79 Å². The summed E-state index contributed by atoms with van der Waals surface area (Å²) in [5.74, 6) is -0.185. The number of hydrogen-bond donors (Lipinski definition) is 2. The first-order valence-electron chi connectivity index (χ1n) is 11.9. The average molecular weight is 478 g/mol. The van der Waals surface area contributed by atoms with Crippen LogP contribution in [0.5, 0.6) is 5.75 Å². The molecule has 5 aromatic rings. The summed E-state index contributed by atoms with van der Waals surface area (Å²) in [6.45, 7) is 1.54. The van der Waals surface area contributed by atoms with E-state index in [0.29, 0.717) is 19.7 Å². The number of nitrogens with two attached hydrogens (primary N) is 1. The first-order valence-corrected chi connectivity index (χ1v) is 11.9. The van der Waals surface area contributed by atoms with Gasteiger partial charge in [0.2, 0.25) is 0 Å². The summed E-state index contributed by atoms with van der Waals surface area (Å²) in [7, 11) is 0. The highest BCUT2D eigenvalue weighted by Gasteiger charge is 2.12. The summed E-state index contributed by atoms with van der Waals surface area (Å²) in [5.41, 5.74) is 12.5. The maximum atomic E-state index is 11.1. The Kier molecular flexibility index (Phi) is 6.78. The van der Waals surface area contributed by atoms with E-state index in [1.807, 2.05) is 36.4 Å². The quantitative estimate of drug-likeness (QED) is 0.291. The molecule has 0 saturated heterocycles. The molecule has 2 aromatic heterocycles. The zero-order valence-corrected chi connectivity index (χ0v) is 19.8. The summed E-state index contributed by atoms with van der Waals surface area (Å²) in [6.07, 6.45) is 4.23. The van der Waals surface area contributed by atoms with E-state index in [1.165, 1.54) is 11.8 Å². The van der Waals surface area contributed by atoms with Gasteiger partial charge in [0.15, 0.2) is 0 Å². The lowest BCUT2D eigenvalue weighted by molar-refractivity contribution is 0.0696. The van der Waals surface area contributed by atoms with Crippen LogP contribution in [0.25, 0.3) is 22.0 Å². The van der Waals surface area contributed by atoms with Crippen molar-refractivity contribution in [3.05, 3.63) is 120 Å². The molecule has 0 atom stereocenters. The molecule has 3 N–H and O–H groups in total. The Balaban J connectivity index is 1.40. The number of benzene rings is 3. The second-order valence-corrected chi connectivity index (χ2v) is 8.66. The molecule has 0 amide bonds. The molecule has 6 nitrogen and oxygen atoms in total. The van der Waals surface area contributed by atoms with Gasteiger partial charge in [0.1, 0.15) is 12.4 Å². The van der Waals surface area contributed by atoms with Gasteiger partial charge in [-0.2, -0.15) is 0 Å². The van der Waals surface area contributed by atoms with E-state index < -0.39 is 5.97 Å². The summed E-state index contributed by atoms with van der Waals surface area (Å²) < 4.78 is 8.37. The van der Waals surface area contributed by atoms with Crippen molar-refractivity contribution < 1.29 is 14.6 Å². The van der Waals surface area contributed by atoms with Gasteiger partial charge in [0.25, 0.3) is 0 Å². The van der Waals surface area contributed by atoms with Crippen LogP contribution in [0.2, 0.25) is 0 Å². The predicted octanol–water partition coefficient (Wildman–Crippen LogP) is 5.53. The van der Waals surface area contributed by atoms with E-state index in [9.17, 15) is 4.79 Å². The maximum absolute atomic E-state index is 11.1. The molecule has 0 saturated carbocycles. The number of fused-ring (bicyclic) bond motifs is 1. The van der Waals surface area contributed by atoms with Gasteiger partial charge < -0.3 is 20.1 Å². The van der Waals surface area contributed by atoms with Crippen molar-refractivity contribution in [2.75, 3.05) is 6.54 Å². The number of nitrogens with zero attached hydrogens (tertiary/aromatic N) is 2. The van der Waals surface area contributed by atoms with E-state index in [0.717, 1.165) is 45.5 Å². The van der Waals surface area contributed by atoms with Crippen LogP contribution in [0.3, 0.4) is 0 Å². The number of pyridine rings is 1. The van der Waals surface area contributed by atoms with E-state index >= 15 is 0 Å². The zero-order valence-electron chi connectivity index (χ0n) is 19.8. The molecule has 0 fully saturated rings. The molecule has 0 spiro atoms.